The summed E-state index contributed by atoms with van der Waals surface area (Å²) in [6, 6.07) is 2.43. The molecule has 1 amide bonds. The quantitative estimate of drug-likeness (QED) is 0.641. The molecule has 1 atom stereocenters. The molecule has 23 heavy (non-hydrogen) atoms. The number of fused-ring (bicyclic) bond motifs is 1. The van der Waals surface area contributed by atoms with E-state index < -0.39 is 5.91 Å². The van der Waals surface area contributed by atoms with Gasteiger partial charge in [-0.2, -0.15) is 0 Å². The van der Waals surface area contributed by atoms with Gasteiger partial charge in [0.1, 0.15) is 0 Å². The monoisotopic (exact) mass is 317 g/mol. The maximum absolute atomic E-state index is 11.5. The Balaban J connectivity index is 1.47. The first-order valence-electron chi connectivity index (χ1n) is 8.49. The molecule has 1 saturated carbocycles. The Bertz CT molecular complexity index is 615. The van der Waals surface area contributed by atoms with E-state index in [1.807, 2.05) is 6.07 Å². The Morgan fingerprint density at radius 3 is 3.09 bits per heavy atom. The number of carbonyl (C=O) groups is 1. The summed E-state index contributed by atoms with van der Waals surface area (Å²) in [6.07, 6.45) is 8.42. The van der Waals surface area contributed by atoms with Crippen molar-refractivity contribution in [3.8, 4) is 0 Å². The molecule has 1 aliphatic carbocycles. The van der Waals surface area contributed by atoms with Crippen molar-refractivity contribution in [1.29, 1.82) is 0 Å². The minimum Gasteiger partial charge on any atom is -0.375 e. The number of hydrogen-bond acceptors (Lipinski definition) is 5. The molecule has 124 valence electrons. The number of carbonyl (C=O) groups excluding carboxylic acids is 1. The SMILES string of the molecule is O=C(NO)c1cnc2c(c1)CCN([C@H]1CCOC3(CCC3)C1)C2. The third-order valence-corrected chi connectivity index (χ3v) is 5.69. The van der Waals surface area contributed by atoms with Gasteiger partial charge in [-0.15, -0.1) is 0 Å². The number of ether oxygens (including phenoxy) is 1. The Morgan fingerprint density at radius 1 is 1.48 bits per heavy atom. The Hall–Kier alpha value is -1.50. The molecule has 1 saturated heterocycles. The molecule has 0 aromatic carbocycles. The van der Waals surface area contributed by atoms with Crippen molar-refractivity contribution in [3.05, 3.63) is 29.1 Å². The molecule has 2 N–H and O–H groups in total. The molecule has 4 rings (SSSR count). The van der Waals surface area contributed by atoms with E-state index in [0.717, 1.165) is 50.2 Å². The third-order valence-electron chi connectivity index (χ3n) is 5.69. The second kappa shape index (κ2) is 5.85. The molecule has 6 nitrogen and oxygen atoms in total. The summed E-state index contributed by atoms with van der Waals surface area (Å²) in [5, 5.41) is 8.74. The molecule has 2 fully saturated rings. The van der Waals surface area contributed by atoms with E-state index in [9.17, 15) is 4.79 Å². The van der Waals surface area contributed by atoms with Gasteiger partial charge in [-0.1, -0.05) is 0 Å². The molecule has 1 aromatic heterocycles. The van der Waals surface area contributed by atoms with Crippen LogP contribution in [0.2, 0.25) is 0 Å². The second-order valence-electron chi connectivity index (χ2n) is 7.02. The Labute approximate surface area is 135 Å². The highest BCUT2D eigenvalue weighted by Gasteiger charge is 2.44. The Kier molecular flexibility index (Phi) is 3.83. The predicted molar refractivity (Wildman–Crippen MR) is 83.2 cm³/mol. The maximum atomic E-state index is 11.5. The van der Waals surface area contributed by atoms with Gasteiger partial charge in [-0.3, -0.25) is 19.9 Å². The van der Waals surface area contributed by atoms with Gasteiger partial charge >= 0.3 is 0 Å². The summed E-state index contributed by atoms with van der Waals surface area (Å²) < 4.78 is 6.04. The van der Waals surface area contributed by atoms with Crippen LogP contribution in [-0.4, -0.2) is 45.8 Å². The van der Waals surface area contributed by atoms with Crippen LogP contribution in [0.1, 0.15) is 53.7 Å². The molecule has 0 radical (unpaired) electrons. The molecule has 0 bridgehead atoms. The van der Waals surface area contributed by atoms with Crippen molar-refractivity contribution in [1.82, 2.24) is 15.4 Å². The zero-order valence-electron chi connectivity index (χ0n) is 13.3. The fourth-order valence-electron chi connectivity index (χ4n) is 4.17. The van der Waals surface area contributed by atoms with Gasteiger partial charge < -0.3 is 4.74 Å². The minimum atomic E-state index is -0.501. The number of amides is 1. The van der Waals surface area contributed by atoms with Crippen LogP contribution in [0.25, 0.3) is 0 Å². The van der Waals surface area contributed by atoms with Crippen molar-refractivity contribution >= 4 is 5.91 Å². The minimum absolute atomic E-state index is 0.166. The largest absolute Gasteiger partial charge is 0.375 e. The number of nitrogens with zero attached hydrogens (tertiary/aromatic N) is 2. The van der Waals surface area contributed by atoms with E-state index in [1.54, 1.807) is 11.7 Å². The first-order chi connectivity index (χ1) is 11.2. The first kappa shape index (κ1) is 15.1. The fraction of sp³-hybridized carbons (Fsp3) is 0.647. The van der Waals surface area contributed by atoms with Crippen LogP contribution in [0.3, 0.4) is 0 Å². The molecular formula is C17H23N3O3. The number of hydroxylamine groups is 1. The lowest BCUT2D eigenvalue weighted by Gasteiger charge is -2.50. The lowest BCUT2D eigenvalue weighted by Crippen LogP contribution is -2.53. The zero-order chi connectivity index (χ0) is 15.9. The number of aromatic nitrogens is 1. The lowest BCUT2D eigenvalue weighted by molar-refractivity contribution is -0.149. The normalized spacial score (nSPS) is 26.4. The summed E-state index contributed by atoms with van der Waals surface area (Å²) in [4.78, 5) is 18.5. The summed E-state index contributed by atoms with van der Waals surface area (Å²) in [5.41, 5.74) is 4.42. The first-order valence-corrected chi connectivity index (χ1v) is 8.49. The van der Waals surface area contributed by atoms with E-state index in [1.165, 1.54) is 19.3 Å². The average Bonchev–Trinajstić information content (AvgIpc) is 2.59. The average molecular weight is 317 g/mol. The highest BCUT2D eigenvalue weighted by atomic mass is 16.5. The van der Waals surface area contributed by atoms with Gasteiger partial charge in [0.25, 0.3) is 5.91 Å². The van der Waals surface area contributed by atoms with Crippen LogP contribution in [-0.2, 0) is 17.7 Å². The molecule has 1 spiro atoms. The van der Waals surface area contributed by atoms with Crippen molar-refractivity contribution in [3.63, 3.8) is 0 Å². The summed E-state index contributed by atoms with van der Waals surface area (Å²) >= 11 is 0. The van der Waals surface area contributed by atoms with E-state index in [4.69, 9.17) is 9.94 Å². The topological polar surface area (TPSA) is 74.7 Å². The Morgan fingerprint density at radius 2 is 2.35 bits per heavy atom. The van der Waals surface area contributed by atoms with E-state index in [2.05, 4.69) is 9.88 Å². The van der Waals surface area contributed by atoms with Crippen molar-refractivity contribution in [2.75, 3.05) is 13.2 Å². The summed E-state index contributed by atoms with van der Waals surface area (Å²) in [5.74, 6) is -0.501. The van der Waals surface area contributed by atoms with Crippen molar-refractivity contribution < 1.29 is 14.7 Å². The molecule has 3 aliphatic rings. The van der Waals surface area contributed by atoms with Gasteiger partial charge in [0, 0.05) is 31.9 Å². The molecular weight excluding hydrogens is 294 g/mol. The molecule has 6 heteroatoms. The summed E-state index contributed by atoms with van der Waals surface area (Å²) in [6.45, 7) is 2.72. The highest BCUT2D eigenvalue weighted by molar-refractivity contribution is 5.93. The van der Waals surface area contributed by atoms with Crippen LogP contribution in [0.15, 0.2) is 12.3 Å². The van der Waals surface area contributed by atoms with Crippen molar-refractivity contribution in [2.45, 2.75) is 56.7 Å². The van der Waals surface area contributed by atoms with Crippen LogP contribution in [0.4, 0.5) is 0 Å². The highest BCUT2D eigenvalue weighted by Crippen LogP contribution is 2.43. The lowest BCUT2D eigenvalue weighted by atomic mass is 9.73. The number of nitrogens with one attached hydrogen (secondary N) is 1. The van der Waals surface area contributed by atoms with Gasteiger partial charge in [-0.25, -0.2) is 5.48 Å². The van der Waals surface area contributed by atoms with Gasteiger partial charge in [-0.05, 0) is 50.2 Å². The molecule has 0 unspecified atom stereocenters. The van der Waals surface area contributed by atoms with E-state index in [0.29, 0.717) is 11.6 Å². The fourth-order valence-corrected chi connectivity index (χ4v) is 4.17. The van der Waals surface area contributed by atoms with Crippen molar-refractivity contribution in [2.24, 2.45) is 0 Å². The molecule has 1 aromatic rings. The van der Waals surface area contributed by atoms with Crippen LogP contribution in [0.5, 0.6) is 0 Å². The number of hydrogen-bond donors (Lipinski definition) is 2. The summed E-state index contributed by atoms with van der Waals surface area (Å²) in [7, 11) is 0. The van der Waals surface area contributed by atoms with Gasteiger partial charge in [0.2, 0.25) is 0 Å². The third kappa shape index (κ3) is 2.75. The molecule has 3 heterocycles. The zero-order valence-corrected chi connectivity index (χ0v) is 13.3. The standard InChI is InChI=1S/C17H23N3O3/c21-16(19-22)13-8-12-2-6-20(11-15(12)18-10-13)14-3-7-23-17(9-14)4-1-5-17/h8,10,14,22H,1-7,9,11H2,(H,19,21)/t14-/m0/s1. The number of pyridine rings is 1. The molecule has 2 aliphatic heterocycles. The van der Waals surface area contributed by atoms with E-state index >= 15 is 0 Å². The number of rotatable bonds is 2. The van der Waals surface area contributed by atoms with E-state index in [-0.39, 0.29) is 5.60 Å². The van der Waals surface area contributed by atoms with Crippen LogP contribution < -0.4 is 5.48 Å². The maximum Gasteiger partial charge on any atom is 0.276 e. The van der Waals surface area contributed by atoms with Gasteiger partial charge in [0.15, 0.2) is 0 Å². The second-order valence-corrected chi connectivity index (χ2v) is 7.02. The smallest absolute Gasteiger partial charge is 0.276 e. The van der Waals surface area contributed by atoms with Gasteiger partial charge in [0.05, 0.1) is 16.9 Å². The van der Waals surface area contributed by atoms with Crippen LogP contribution in [0, 0.1) is 0 Å². The van der Waals surface area contributed by atoms with Crippen LogP contribution >= 0.6 is 0 Å². The predicted octanol–water partition coefficient (Wildman–Crippen LogP) is 1.66.